The zero-order valence-electron chi connectivity index (χ0n) is 11.6. The maximum atomic E-state index is 8.82. The zero-order valence-corrected chi connectivity index (χ0v) is 11.6. The molecule has 106 valence electrons. The molecule has 0 radical (unpaired) electrons. The summed E-state index contributed by atoms with van der Waals surface area (Å²) in [5.74, 6) is 0.966. The second kappa shape index (κ2) is 6.89. The van der Waals surface area contributed by atoms with Gasteiger partial charge in [0, 0.05) is 31.3 Å². The summed E-state index contributed by atoms with van der Waals surface area (Å²) in [5, 5.41) is 8.82. The van der Waals surface area contributed by atoms with Gasteiger partial charge in [-0.2, -0.15) is 0 Å². The first-order valence-corrected chi connectivity index (χ1v) is 7.02. The second-order valence-corrected chi connectivity index (χ2v) is 5.03. The van der Waals surface area contributed by atoms with Crippen LogP contribution in [0.15, 0.2) is 18.2 Å². The Morgan fingerprint density at radius 2 is 2.21 bits per heavy atom. The molecule has 0 bridgehead atoms. The van der Waals surface area contributed by atoms with Gasteiger partial charge in [0.25, 0.3) is 0 Å². The molecule has 1 atom stereocenters. The summed E-state index contributed by atoms with van der Waals surface area (Å²) in [6, 6.07) is 6.51. The Kier molecular flexibility index (Phi) is 5.19. The van der Waals surface area contributed by atoms with Crippen LogP contribution in [0.2, 0.25) is 0 Å². The van der Waals surface area contributed by atoms with E-state index in [1.54, 1.807) is 7.11 Å². The van der Waals surface area contributed by atoms with E-state index >= 15 is 0 Å². The smallest absolute Gasteiger partial charge is 0.123 e. The summed E-state index contributed by atoms with van der Waals surface area (Å²) in [7, 11) is 1.72. The molecule has 1 aromatic carbocycles. The molecule has 0 saturated heterocycles. The van der Waals surface area contributed by atoms with Gasteiger partial charge in [-0.3, -0.25) is 4.90 Å². The number of fused-ring (bicyclic) bond motifs is 1. The van der Waals surface area contributed by atoms with Crippen LogP contribution in [0.5, 0.6) is 5.75 Å². The van der Waals surface area contributed by atoms with E-state index in [1.165, 1.54) is 11.1 Å². The van der Waals surface area contributed by atoms with Gasteiger partial charge in [0.15, 0.2) is 0 Å². The van der Waals surface area contributed by atoms with Crippen molar-refractivity contribution in [2.45, 2.75) is 31.8 Å². The highest BCUT2D eigenvalue weighted by Crippen LogP contribution is 2.38. The van der Waals surface area contributed by atoms with E-state index in [0.717, 1.165) is 38.1 Å². The van der Waals surface area contributed by atoms with Crippen molar-refractivity contribution in [3.63, 3.8) is 0 Å². The fourth-order valence-corrected chi connectivity index (χ4v) is 2.88. The molecule has 0 spiro atoms. The van der Waals surface area contributed by atoms with Crippen LogP contribution in [-0.4, -0.2) is 36.8 Å². The Bertz CT molecular complexity index is 409. The lowest BCUT2D eigenvalue weighted by Gasteiger charge is -2.23. The number of methoxy groups -OCH3 is 1. The third kappa shape index (κ3) is 3.08. The molecule has 4 nitrogen and oxygen atoms in total. The predicted octanol–water partition coefficient (Wildman–Crippen LogP) is 1.67. The van der Waals surface area contributed by atoms with Gasteiger partial charge >= 0.3 is 0 Å². The Morgan fingerprint density at radius 1 is 1.37 bits per heavy atom. The summed E-state index contributed by atoms with van der Waals surface area (Å²) in [4.78, 5) is 2.42. The molecule has 1 unspecified atom stereocenters. The highest BCUT2D eigenvalue weighted by atomic mass is 16.5. The number of rotatable bonds is 7. The summed E-state index contributed by atoms with van der Waals surface area (Å²) >= 11 is 0. The average Bonchev–Trinajstić information content (AvgIpc) is 2.80. The van der Waals surface area contributed by atoms with Gasteiger partial charge in [-0.1, -0.05) is 12.1 Å². The molecular weight excluding hydrogens is 240 g/mol. The van der Waals surface area contributed by atoms with Crippen LogP contribution >= 0.6 is 0 Å². The lowest BCUT2D eigenvalue weighted by atomic mass is 10.0. The fraction of sp³-hybridized carbons (Fsp3) is 0.600. The highest BCUT2D eigenvalue weighted by molar-refractivity contribution is 5.44. The van der Waals surface area contributed by atoms with Crippen molar-refractivity contribution in [2.24, 2.45) is 5.73 Å². The number of hydrogen-bond donors (Lipinski definition) is 2. The Morgan fingerprint density at radius 3 is 2.89 bits per heavy atom. The van der Waals surface area contributed by atoms with Crippen LogP contribution in [0, 0.1) is 0 Å². The predicted molar refractivity (Wildman–Crippen MR) is 76.1 cm³/mol. The van der Waals surface area contributed by atoms with E-state index in [2.05, 4.69) is 11.0 Å². The van der Waals surface area contributed by atoms with Crippen molar-refractivity contribution in [3.05, 3.63) is 29.3 Å². The van der Waals surface area contributed by atoms with E-state index in [4.69, 9.17) is 15.6 Å². The van der Waals surface area contributed by atoms with Crippen LogP contribution in [0.4, 0.5) is 0 Å². The molecule has 1 heterocycles. The van der Waals surface area contributed by atoms with Gasteiger partial charge in [0.1, 0.15) is 5.75 Å². The first-order valence-electron chi connectivity index (χ1n) is 7.02. The third-order valence-corrected chi connectivity index (χ3v) is 3.88. The van der Waals surface area contributed by atoms with E-state index in [9.17, 15) is 0 Å². The van der Waals surface area contributed by atoms with Crippen molar-refractivity contribution in [1.29, 1.82) is 0 Å². The van der Waals surface area contributed by atoms with Crippen molar-refractivity contribution in [2.75, 3.05) is 26.8 Å². The fourth-order valence-electron chi connectivity index (χ4n) is 2.88. The zero-order chi connectivity index (χ0) is 13.7. The molecule has 0 aromatic heterocycles. The van der Waals surface area contributed by atoms with Gasteiger partial charge in [-0.25, -0.2) is 0 Å². The Balaban J connectivity index is 2.05. The standard InChI is InChI=1S/C15H24N2O2/c1-19-15-7-5-6-12-13(15)11-17(14(12)10-16)8-3-2-4-9-18/h5-7,14,18H,2-4,8-11,16H2,1H3. The number of aliphatic hydroxyl groups excluding tert-OH is 1. The van der Waals surface area contributed by atoms with Gasteiger partial charge in [0.05, 0.1) is 7.11 Å². The maximum absolute atomic E-state index is 8.82. The number of hydrogen-bond acceptors (Lipinski definition) is 4. The van der Waals surface area contributed by atoms with E-state index < -0.39 is 0 Å². The molecule has 1 aliphatic rings. The average molecular weight is 264 g/mol. The SMILES string of the molecule is COc1cccc2c1CN(CCCCCO)C2CN. The quantitative estimate of drug-likeness (QED) is 0.736. The van der Waals surface area contributed by atoms with E-state index in [0.29, 0.717) is 12.6 Å². The van der Waals surface area contributed by atoms with Gasteiger partial charge in [-0.05, 0) is 37.4 Å². The topological polar surface area (TPSA) is 58.7 Å². The van der Waals surface area contributed by atoms with Crippen molar-refractivity contribution in [1.82, 2.24) is 4.90 Å². The maximum Gasteiger partial charge on any atom is 0.123 e. The summed E-state index contributed by atoms with van der Waals surface area (Å²) in [6.45, 7) is 2.87. The highest BCUT2D eigenvalue weighted by Gasteiger charge is 2.30. The van der Waals surface area contributed by atoms with Crippen molar-refractivity contribution >= 4 is 0 Å². The summed E-state index contributed by atoms with van der Waals surface area (Å²) in [5.41, 5.74) is 8.53. The molecule has 4 heteroatoms. The third-order valence-electron chi connectivity index (χ3n) is 3.88. The summed E-state index contributed by atoms with van der Waals surface area (Å²) < 4.78 is 5.44. The second-order valence-electron chi connectivity index (χ2n) is 5.03. The van der Waals surface area contributed by atoms with Gasteiger partial charge in [-0.15, -0.1) is 0 Å². The van der Waals surface area contributed by atoms with Crippen LogP contribution in [0.1, 0.15) is 36.4 Å². The van der Waals surface area contributed by atoms with Crippen LogP contribution in [0.3, 0.4) is 0 Å². The van der Waals surface area contributed by atoms with Gasteiger partial charge < -0.3 is 15.6 Å². The molecular formula is C15H24N2O2. The van der Waals surface area contributed by atoms with Crippen LogP contribution in [-0.2, 0) is 6.54 Å². The van der Waals surface area contributed by atoms with Crippen molar-refractivity contribution < 1.29 is 9.84 Å². The number of benzene rings is 1. The van der Waals surface area contributed by atoms with E-state index in [-0.39, 0.29) is 6.61 Å². The lowest BCUT2D eigenvalue weighted by molar-refractivity contribution is 0.209. The first kappa shape index (κ1) is 14.3. The molecule has 2 rings (SSSR count). The first-order chi connectivity index (χ1) is 9.31. The Hall–Kier alpha value is -1.10. The molecule has 19 heavy (non-hydrogen) atoms. The normalized spacial score (nSPS) is 18.6. The number of aliphatic hydroxyl groups is 1. The molecule has 3 N–H and O–H groups in total. The van der Waals surface area contributed by atoms with Gasteiger partial charge in [0.2, 0.25) is 0 Å². The Labute approximate surface area is 115 Å². The molecule has 0 saturated carbocycles. The number of nitrogens with two attached hydrogens (primary N) is 1. The number of unbranched alkanes of at least 4 members (excludes halogenated alkanes) is 2. The van der Waals surface area contributed by atoms with Crippen molar-refractivity contribution in [3.8, 4) is 5.75 Å². The van der Waals surface area contributed by atoms with Crippen LogP contribution < -0.4 is 10.5 Å². The monoisotopic (exact) mass is 264 g/mol. The molecule has 0 aliphatic carbocycles. The lowest BCUT2D eigenvalue weighted by Crippen LogP contribution is -2.28. The van der Waals surface area contributed by atoms with Crippen LogP contribution in [0.25, 0.3) is 0 Å². The molecule has 1 aromatic rings. The number of ether oxygens (including phenoxy) is 1. The molecule has 1 aliphatic heterocycles. The summed E-state index contributed by atoms with van der Waals surface area (Å²) in [6.07, 6.45) is 3.06. The number of nitrogens with zero attached hydrogens (tertiary/aromatic N) is 1. The minimum atomic E-state index is 0.286. The van der Waals surface area contributed by atoms with E-state index in [1.807, 2.05) is 12.1 Å². The minimum Gasteiger partial charge on any atom is -0.496 e. The largest absolute Gasteiger partial charge is 0.496 e. The molecule has 0 amide bonds. The molecule has 0 fully saturated rings. The minimum absolute atomic E-state index is 0.286.